The van der Waals surface area contributed by atoms with Gasteiger partial charge in [0.15, 0.2) is 0 Å². The predicted molar refractivity (Wildman–Crippen MR) is 107 cm³/mol. The van der Waals surface area contributed by atoms with Crippen LogP contribution in [0, 0.1) is 0 Å². The van der Waals surface area contributed by atoms with E-state index in [0.29, 0.717) is 31.8 Å². The van der Waals surface area contributed by atoms with Crippen molar-refractivity contribution in [3.8, 4) is 17.1 Å². The van der Waals surface area contributed by atoms with E-state index in [1.165, 1.54) is 4.31 Å². The number of aromatic nitrogens is 2. The molecule has 0 bridgehead atoms. The number of nitrogens with zero attached hydrogens (tertiary/aromatic N) is 3. The Bertz CT molecular complexity index is 1080. The molecule has 0 spiro atoms. The first-order chi connectivity index (χ1) is 13.5. The Labute approximate surface area is 164 Å². The molecule has 1 aromatic heterocycles. The fourth-order valence-electron chi connectivity index (χ4n) is 3.49. The predicted octanol–water partition coefficient (Wildman–Crippen LogP) is 2.75. The summed E-state index contributed by atoms with van der Waals surface area (Å²) in [5.74, 6) is 1.59. The summed E-state index contributed by atoms with van der Waals surface area (Å²) in [5, 5.41) is 0. The highest BCUT2D eigenvalue weighted by Crippen LogP contribution is 2.29. The van der Waals surface area contributed by atoms with Gasteiger partial charge in [-0.1, -0.05) is 0 Å². The molecular formula is C20H23N3O4S. The summed E-state index contributed by atoms with van der Waals surface area (Å²) in [4.78, 5) is 5.01. The Hall–Kier alpha value is -2.42. The normalized spacial score (nSPS) is 15.8. The molecule has 0 aliphatic carbocycles. The molecule has 148 valence electrons. The summed E-state index contributed by atoms with van der Waals surface area (Å²) in [6.07, 6.45) is 0. The molecule has 1 fully saturated rings. The lowest BCUT2D eigenvalue weighted by atomic mass is 10.2. The summed E-state index contributed by atoms with van der Waals surface area (Å²) in [7, 11) is -1.92. The van der Waals surface area contributed by atoms with Crippen LogP contribution in [0.4, 0.5) is 0 Å². The average molecular weight is 401 g/mol. The second kappa shape index (κ2) is 7.54. The molecule has 0 atom stereocenters. The molecule has 1 saturated heterocycles. The fourth-order valence-corrected chi connectivity index (χ4v) is 4.92. The molecule has 1 aliphatic heterocycles. The van der Waals surface area contributed by atoms with Crippen LogP contribution in [0.3, 0.4) is 0 Å². The summed E-state index contributed by atoms with van der Waals surface area (Å²) in [5.41, 5.74) is 2.53. The van der Waals surface area contributed by atoms with Crippen molar-refractivity contribution < 1.29 is 17.9 Å². The van der Waals surface area contributed by atoms with Gasteiger partial charge in [-0.05, 0) is 49.4 Å². The van der Waals surface area contributed by atoms with Crippen molar-refractivity contribution in [1.82, 2.24) is 13.9 Å². The third kappa shape index (κ3) is 3.28. The first-order valence-corrected chi connectivity index (χ1v) is 10.7. The third-order valence-corrected chi connectivity index (χ3v) is 6.89. The molecule has 2 heterocycles. The molecule has 0 saturated carbocycles. The van der Waals surface area contributed by atoms with Crippen molar-refractivity contribution >= 4 is 21.1 Å². The SMILES string of the molecule is CCn1c(-c2ccc(OC)cc2)nc2cc(S(=O)(=O)N3CCOCC3)ccc21. The van der Waals surface area contributed by atoms with E-state index in [2.05, 4.69) is 4.57 Å². The fraction of sp³-hybridized carbons (Fsp3) is 0.350. The van der Waals surface area contributed by atoms with Crippen molar-refractivity contribution in [3.63, 3.8) is 0 Å². The maximum Gasteiger partial charge on any atom is 0.243 e. The molecule has 7 nitrogen and oxygen atoms in total. The molecule has 28 heavy (non-hydrogen) atoms. The largest absolute Gasteiger partial charge is 0.497 e. The number of methoxy groups -OCH3 is 1. The van der Waals surface area contributed by atoms with Gasteiger partial charge in [-0.15, -0.1) is 0 Å². The molecular weight excluding hydrogens is 378 g/mol. The molecule has 1 aliphatic rings. The van der Waals surface area contributed by atoms with Crippen LogP contribution < -0.4 is 4.74 Å². The lowest BCUT2D eigenvalue weighted by Crippen LogP contribution is -2.40. The third-order valence-electron chi connectivity index (χ3n) is 4.99. The lowest BCUT2D eigenvalue weighted by Gasteiger charge is -2.26. The zero-order valence-electron chi connectivity index (χ0n) is 16.0. The maximum atomic E-state index is 13.0. The van der Waals surface area contributed by atoms with Crippen molar-refractivity contribution in [2.75, 3.05) is 33.4 Å². The Balaban J connectivity index is 1.77. The number of hydrogen-bond donors (Lipinski definition) is 0. The van der Waals surface area contributed by atoms with Gasteiger partial charge in [-0.3, -0.25) is 0 Å². The van der Waals surface area contributed by atoms with Crippen LogP contribution in [0.1, 0.15) is 6.92 Å². The maximum absolute atomic E-state index is 13.0. The zero-order chi connectivity index (χ0) is 19.7. The molecule has 8 heteroatoms. The van der Waals surface area contributed by atoms with Crippen molar-refractivity contribution in [3.05, 3.63) is 42.5 Å². The van der Waals surface area contributed by atoms with Crippen LogP contribution in [0.15, 0.2) is 47.4 Å². The average Bonchev–Trinajstić information content (AvgIpc) is 3.12. The van der Waals surface area contributed by atoms with E-state index in [4.69, 9.17) is 14.5 Å². The van der Waals surface area contributed by atoms with Gasteiger partial charge in [0.2, 0.25) is 10.0 Å². The summed E-state index contributed by atoms with van der Waals surface area (Å²) in [6.45, 7) is 4.38. The second-order valence-corrected chi connectivity index (χ2v) is 8.51. The van der Waals surface area contributed by atoms with Crippen molar-refractivity contribution in [1.29, 1.82) is 0 Å². The monoisotopic (exact) mass is 401 g/mol. The van der Waals surface area contributed by atoms with Crippen LogP contribution >= 0.6 is 0 Å². The molecule has 0 amide bonds. The number of aryl methyl sites for hydroxylation is 1. The highest BCUT2D eigenvalue weighted by Gasteiger charge is 2.27. The van der Waals surface area contributed by atoms with Gasteiger partial charge >= 0.3 is 0 Å². The van der Waals surface area contributed by atoms with Crippen LogP contribution in [-0.4, -0.2) is 55.7 Å². The van der Waals surface area contributed by atoms with Gasteiger partial charge in [-0.25, -0.2) is 13.4 Å². The number of morpholine rings is 1. The smallest absolute Gasteiger partial charge is 0.243 e. The van der Waals surface area contributed by atoms with E-state index in [1.54, 1.807) is 19.2 Å². The summed E-state index contributed by atoms with van der Waals surface area (Å²) >= 11 is 0. The van der Waals surface area contributed by atoms with Gasteiger partial charge in [0.05, 0.1) is 36.3 Å². The van der Waals surface area contributed by atoms with E-state index in [0.717, 1.165) is 29.2 Å². The number of rotatable bonds is 5. The van der Waals surface area contributed by atoms with Gasteiger partial charge in [0.25, 0.3) is 0 Å². The number of sulfonamides is 1. The van der Waals surface area contributed by atoms with Crippen LogP contribution in [-0.2, 0) is 21.3 Å². The standard InChI is InChI=1S/C20H23N3O4S/c1-3-23-19-9-8-17(28(24,25)22-10-12-27-13-11-22)14-18(19)21-20(23)15-4-6-16(26-2)7-5-15/h4-9,14H,3,10-13H2,1-2H3. The van der Waals surface area contributed by atoms with E-state index >= 15 is 0 Å². The molecule has 0 radical (unpaired) electrons. The van der Waals surface area contributed by atoms with Crippen molar-refractivity contribution in [2.45, 2.75) is 18.4 Å². The highest BCUT2D eigenvalue weighted by atomic mass is 32.2. The molecule has 2 aromatic carbocycles. The van der Waals surface area contributed by atoms with Gasteiger partial charge in [-0.2, -0.15) is 4.31 Å². The lowest BCUT2D eigenvalue weighted by molar-refractivity contribution is 0.0730. The summed E-state index contributed by atoms with van der Waals surface area (Å²) < 4.78 is 40.0. The number of fused-ring (bicyclic) bond motifs is 1. The Morgan fingerprint density at radius 1 is 1.11 bits per heavy atom. The van der Waals surface area contributed by atoms with Gasteiger partial charge in [0, 0.05) is 25.2 Å². The minimum absolute atomic E-state index is 0.268. The molecule has 3 aromatic rings. The number of ether oxygens (including phenoxy) is 2. The van der Waals surface area contributed by atoms with Crippen LogP contribution in [0.5, 0.6) is 5.75 Å². The van der Waals surface area contributed by atoms with Gasteiger partial charge in [0.1, 0.15) is 11.6 Å². The highest BCUT2D eigenvalue weighted by molar-refractivity contribution is 7.89. The Morgan fingerprint density at radius 2 is 1.82 bits per heavy atom. The van der Waals surface area contributed by atoms with Crippen LogP contribution in [0.2, 0.25) is 0 Å². The quantitative estimate of drug-likeness (QED) is 0.657. The molecule has 0 unspecified atom stereocenters. The summed E-state index contributed by atoms with van der Waals surface area (Å²) in [6, 6.07) is 12.9. The van der Waals surface area contributed by atoms with E-state index in [-0.39, 0.29) is 4.90 Å². The topological polar surface area (TPSA) is 73.7 Å². The van der Waals surface area contributed by atoms with E-state index in [1.807, 2.05) is 37.3 Å². The van der Waals surface area contributed by atoms with Gasteiger partial charge < -0.3 is 14.0 Å². The zero-order valence-corrected chi connectivity index (χ0v) is 16.8. The molecule has 0 N–H and O–H groups in total. The Kier molecular flexibility index (Phi) is 5.09. The first-order valence-electron chi connectivity index (χ1n) is 9.27. The van der Waals surface area contributed by atoms with Crippen molar-refractivity contribution in [2.24, 2.45) is 0 Å². The first kappa shape index (κ1) is 18.9. The number of benzene rings is 2. The Morgan fingerprint density at radius 3 is 2.46 bits per heavy atom. The number of hydrogen-bond acceptors (Lipinski definition) is 5. The minimum atomic E-state index is -3.55. The minimum Gasteiger partial charge on any atom is -0.497 e. The van der Waals surface area contributed by atoms with E-state index < -0.39 is 10.0 Å². The number of imidazole rings is 1. The van der Waals surface area contributed by atoms with E-state index in [9.17, 15) is 8.42 Å². The second-order valence-electron chi connectivity index (χ2n) is 6.58. The van der Waals surface area contributed by atoms with Crippen LogP contribution in [0.25, 0.3) is 22.4 Å². The molecule has 4 rings (SSSR count).